The molecule has 0 aromatic heterocycles. The minimum atomic E-state index is -0.181. The molecule has 1 aliphatic heterocycles. The standard InChI is InChI=1S/C9H16O2/c1-3-4-9-6-8(10)5-7(2)11-9/h3-4,7-10H,5-6H2,1-2H3/b4-3+/t7-,8+,9+/m1/s1. The second kappa shape index (κ2) is 3.88. The quantitative estimate of drug-likeness (QED) is 0.583. The molecule has 11 heavy (non-hydrogen) atoms. The third-order valence-electron chi connectivity index (χ3n) is 1.92. The van der Waals surface area contributed by atoms with E-state index in [4.69, 9.17) is 4.74 Å². The van der Waals surface area contributed by atoms with Gasteiger partial charge in [-0.2, -0.15) is 0 Å². The van der Waals surface area contributed by atoms with Crippen LogP contribution >= 0.6 is 0 Å². The zero-order valence-corrected chi connectivity index (χ0v) is 7.16. The van der Waals surface area contributed by atoms with Crippen molar-refractivity contribution in [1.82, 2.24) is 0 Å². The molecule has 0 spiro atoms. The number of hydrogen-bond acceptors (Lipinski definition) is 2. The molecule has 0 unspecified atom stereocenters. The van der Waals surface area contributed by atoms with Crippen LogP contribution in [-0.4, -0.2) is 23.4 Å². The second-order valence-corrected chi connectivity index (χ2v) is 3.14. The Hall–Kier alpha value is -0.340. The van der Waals surface area contributed by atoms with Crippen LogP contribution in [0.25, 0.3) is 0 Å². The molecule has 1 heterocycles. The molecule has 1 N–H and O–H groups in total. The second-order valence-electron chi connectivity index (χ2n) is 3.14. The summed E-state index contributed by atoms with van der Waals surface area (Å²) in [4.78, 5) is 0. The highest BCUT2D eigenvalue weighted by molar-refractivity contribution is 4.91. The number of hydrogen-bond donors (Lipinski definition) is 1. The summed E-state index contributed by atoms with van der Waals surface area (Å²) in [5.41, 5.74) is 0. The zero-order chi connectivity index (χ0) is 8.27. The zero-order valence-electron chi connectivity index (χ0n) is 7.16. The third-order valence-corrected chi connectivity index (χ3v) is 1.92. The summed E-state index contributed by atoms with van der Waals surface area (Å²) in [7, 11) is 0. The average molecular weight is 156 g/mol. The Morgan fingerprint density at radius 3 is 2.73 bits per heavy atom. The van der Waals surface area contributed by atoms with E-state index >= 15 is 0 Å². The molecule has 1 aliphatic rings. The van der Waals surface area contributed by atoms with E-state index in [1.807, 2.05) is 26.0 Å². The third kappa shape index (κ3) is 2.64. The van der Waals surface area contributed by atoms with Crippen LogP contribution in [0.15, 0.2) is 12.2 Å². The van der Waals surface area contributed by atoms with Gasteiger partial charge in [0.25, 0.3) is 0 Å². The fraction of sp³-hybridized carbons (Fsp3) is 0.778. The van der Waals surface area contributed by atoms with Crippen molar-refractivity contribution in [2.45, 2.75) is 45.0 Å². The molecular formula is C9H16O2. The Kier molecular flexibility index (Phi) is 3.09. The maximum Gasteiger partial charge on any atom is 0.0784 e. The molecule has 64 valence electrons. The summed E-state index contributed by atoms with van der Waals surface area (Å²) in [6.07, 6.45) is 5.62. The topological polar surface area (TPSA) is 29.5 Å². The number of allylic oxidation sites excluding steroid dienone is 1. The lowest BCUT2D eigenvalue weighted by molar-refractivity contribution is -0.0672. The monoisotopic (exact) mass is 156 g/mol. The number of ether oxygens (including phenoxy) is 1. The normalized spacial score (nSPS) is 39.7. The van der Waals surface area contributed by atoms with Crippen LogP contribution in [0.4, 0.5) is 0 Å². The molecular weight excluding hydrogens is 140 g/mol. The SMILES string of the molecule is C/C=C/[C@H]1C[C@@H](O)C[C@@H](C)O1. The highest BCUT2D eigenvalue weighted by Crippen LogP contribution is 2.19. The molecule has 0 saturated carbocycles. The first kappa shape index (κ1) is 8.75. The van der Waals surface area contributed by atoms with Gasteiger partial charge in [-0.3, -0.25) is 0 Å². The highest BCUT2D eigenvalue weighted by Gasteiger charge is 2.23. The summed E-state index contributed by atoms with van der Waals surface area (Å²) >= 11 is 0. The van der Waals surface area contributed by atoms with Crippen molar-refractivity contribution in [2.24, 2.45) is 0 Å². The van der Waals surface area contributed by atoms with Gasteiger partial charge in [0.05, 0.1) is 18.3 Å². The Morgan fingerprint density at radius 1 is 1.45 bits per heavy atom. The lowest BCUT2D eigenvalue weighted by Crippen LogP contribution is -2.32. The maximum atomic E-state index is 9.36. The van der Waals surface area contributed by atoms with Crippen molar-refractivity contribution >= 4 is 0 Å². The van der Waals surface area contributed by atoms with Gasteiger partial charge in [0, 0.05) is 6.42 Å². The molecule has 0 aromatic rings. The largest absolute Gasteiger partial charge is 0.393 e. The van der Waals surface area contributed by atoms with Gasteiger partial charge >= 0.3 is 0 Å². The number of aliphatic hydroxyl groups excluding tert-OH is 1. The number of aliphatic hydroxyl groups is 1. The fourth-order valence-corrected chi connectivity index (χ4v) is 1.50. The van der Waals surface area contributed by atoms with Crippen molar-refractivity contribution in [2.75, 3.05) is 0 Å². The number of rotatable bonds is 1. The summed E-state index contributed by atoms with van der Waals surface area (Å²) in [6.45, 7) is 3.97. The smallest absolute Gasteiger partial charge is 0.0784 e. The Bertz CT molecular complexity index is 132. The van der Waals surface area contributed by atoms with E-state index in [1.54, 1.807) is 0 Å². The van der Waals surface area contributed by atoms with E-state index in [0.717, 1.165) is 12.8 Å². The Labute approximate surface area is 67.9 Å². The van der Waals surface area contributed by atoms with E-state index in [1.165, 1.54) is 0 Å². The first-order valence-electron chi connectivity index (χ1n) is 4.18. The van der Waals surface area contributed by atoms with Gasteiger partial charge in [-0.25, -0.2) is 0 Å². The average Bonchev–Trinajstić information content (AvgIpc) is 1.85. The van der Waals surface area contributed by atoms with Crippen LogP contribution in [0, 0.1) is 0 Å². The van der Waals surface area contributed by atoms with E-state index < -0.39 is 0 Å². The molecule has 1 rings (SSSR count). The predicted molar refractivity (Wildman–Crippen MR) is 44.4 cm³/mol. The lowest BCUT2D eigenvalue weighted by atomic mass is 10.0. The summed E-state index contributed by atoms with van der Waals surface area (Å²) in [6, 6.07) is 0. The van der Waals surface area contributed by atoms with Crippen LogP contribution < -0.4 is 0 Å². The lowest BCUT2D eigenvalue weighted by Gasteiger charge is -2.29. The van der Waals surface area contributed by atoms with Gasteiger partial charge < -0.3 is 9.84 Å². The van der Waals surface area contributed by atoms with E-state index in [2.05, 4.69) is 0 Å². The minimum Gasteiger partial charge on any atom is -0.393 e. The van der Waals surface area contributed by atoms with E-state index in [9.17, 15) is 5.11 Å². The fourth-order valence-electron chi connectivity index (χ4n) is 1.50. The van der Waals surface area contributed by atoms with Crippen LogP contribution in [0.2, 0.25) is 0 Å². The molecule has 0 radical (unpaired) electrons. The molecule has 0 aliphatic carbocycles. The van der Waals surface area contributed by atoms with Gasteiger partial charge in [-0.1, -0.05) is 12.2 Å². The van der Waals surface area contributed by atoms with Gasteiger partial charge in [-0.15, -0.1) is 0 Å². The van der Waals surface area contributed by atoms with Crippen LogP contribution in [0.1, 0.15) is 26.7 Å². The molecule has 1 saturated heterocycles. The van der Waals surface area contributed by atoms with Crippen molar-refractivity contribution in [3.8, 4) is 0 Å². The molecule has 3 atom stereocenters. The molecule has 2 nitrogen and oxygen atoms in total. The van der Waals surface area contributed by atoms with E-state index in [-0.39, 0.29) is 18.3 Å². The summed E-state index contributed by atoms with van der Waals surface area (Å²) < 4.78 is 5.55. The van der Waals surface area contributed by atoms with Gasteiger partial charge in [0.2, 0.25) is 0 Å². The maximum absolute atomic E-state index is 9.36. The molecule has 1 fully saturated rings. The predicted octanol–water partition coefficient (Wildman–Crippen LogP) is 1.49. The van der Waals surface area contributed by atoms with Crippen LogP contribution in [-0.2, 0) is 4.74 Å². The molecule has 2 heteroatoms. The van der Waals surface area contributed by atoms with Crippen molar-refractivity contribution in [1.29, 1.82) is 0 Å². The van der Waals surface area contributed by atoms with Crippen molar-refractivity contribution < 1.29 is 9.84 Å². The summed E-state index contributed by atoms with van der Waals surface area (Å²) in [5, 5.41) is 9.36. The van der Waals surface area contributed by atoms with E-state index in [0.29, 0.717) is 0 Å². The molecule has 0 bridgehead atoms. The minimum absolute atomic E-state index is 0.124. The molecule has 0 aromatic carbocycles. The Morgan fingerprint density at radius 2 is 2.18 bits per heavy atom. The molecule has 0 amide bonds. The van der Waals surface area contributed by atoms with Gasteiger partial charge in [-0.05, 0) is 20.3 Å². The Balaban J connectivity index is 2.42. The van der Waals surface area contributed by atoms with Crippen LogP contribution in [0.5, 0.6) is 0 Å². The first-order chi connectivity index (χ1) is 5.22. The van der Waals surface area contributed by atoms with Crippen molar-refractivity contribution in [3.63, 3.8) is 0 Å². The van der Waals surface area contributed by atoms with Crippen molar-refractivity contribution in [3.05, 3.63) is 12.2 Å². The summed E-state index contributed by atoms with van der Waals surface area (Å²) in [5.74, 6) is 0. The van der Waals surface area contributed by atoms with Crippen LogP contribution in [0.3, 0.4) is 0 Å². The first-order valence-corrected chi connectivity index (χ1v) is 4.18. The van der Waals surface area contributed by atoms with Gasteiger partial charge in [0.1, 0.15) is 0 Å². The van der Waals surface area contributed by atoms with Gasteiger partial charge in [0.15, 0.2) is 0 Å². The highest BCUT2D eigenvalue weighted by atomic mass is 16.5.